The molecule has 2 aromatic carbocycles. The van der Waals surface area contributed by atoms with Gasteiger partial charge in [0.25, 0.3) is 0 Å². The average Bonchev–Trinajstić information content (AvgIpc) is 2.51. The van der Waals surface area contributed by atoms with Crippen LogP contribution in [0, 0.1) is 0 Å². The second-order valence-electron chi connectivity index (χ2n) is 4.56. The van der Waals surface area contributed by atoms with Crippen LogP contribution in [0.1, 0.15) is 17.0 Å². The summed E-state index contributed by atoms with van der Waals surface area (Å²) in [5.74, 6) is -2.07. The minimum atomic E-state index is -1.08. The van der Waals surface area contributed by atoms with Crippen LogP contribution in [0.3, 0.4) is 0 Å². The summed E-state index contributed by atoms with van der Waals surface area (Å²) in [6.45, 7) is 0. The molecule has 116 valence electrons. The van der Waals surface area contributed by atoms with E-state index >= 15 is 0 Å². The summed E-state index contributed by atoms with van der Waals surface area (Å²) in [5, 5.41) is 9.55. The number of rotatable bonds is 4. The summed E-state index contributed by atoms with van der Waals surface area (Å²) in [6, 6.07) is 9.11. The molecule has 0 saturated carbocycles. The Hall–Kier alpha value is -0.640. The van der Waals surface area contributed by atoms with Gasteiger partial charge < -0.3 is 5.11 Å². The van der Waals surface area contributed by atoms with Gasteiger partial charge in [-0.25, -0.2) is 0 Å². The third-order valence-electron chi connectivity index (χ3n) is 3.17. The SMILES string of the molecule is O=C(O)C(Cc1ccccc1)c1c(Cl)c(Cl)c(Cl)c(Cl)c1Cl. The van der Waals surface area contributed by atoms with Crippen molar-refractivity contribution in [2.45, 2.75) is 12.3 Å². The molecule has 7 heteroatoms. The fraction of sp³-hybridized carbons (Fsp3) is 0.133. The molecule has 0 aliphatic carbocycles. The van der Waals surface area contributed by atoms with Gasteiger partial charge in [-0.2, -0.15) is 0 Å². The lowest BCUT2D eigenvalue weighted by atomic mass is 9.92. The van der Waals surface area contributed by atoms with Crippen molar-refractivity contribution in [3.05, 3.63) is 66.6 Å². The first-order valence-electron chi connectivity index (χ1n) is 6.12. The van der Waals surface area contributed by atoms with Gasteiger partial charge in [0.05, 0.1) is 31.0 Å². The Kier molecular flexibility index (Phi) is 5.87. The Morgan fingerprint density at radius 2 is 1.32 bits per heavy atom. The van der Waals surface area contributed by atoms with Gasteiger partial charge >= 0.3 is 5.97 Å². The van der Waals surface area contributed by atoms with Gasteiger partial charge in [0, 0.05) is 5.56 Å². The van der Waals surface area contributed by atoms with Gasteiger partial charge in [-0.05, 0) is 12.0 Å². The molecule has 0 fully saturated rings. The summed E-state index contributed by atoms with van der Waals surface area (Å²) >= 11 is 30.3. The van der Waals surface area contributed by atoms with Crippen molar-refractivity contribution in [2.24, 2.45) is 0 Å². The van der Waals surface area contributed by atoms with E-state index in [0.717, 1.165) is 5.56 Å². The molecule has 0 aromatic heterocycles. The topological polar surface area (TPSA) is 37.3 Å². The molecule has 1 N–H and O–H groups in total. The van der Waals surface area contributed by atoms with Crippen molar-refractivity contribution in [1.29, 1.82) is 0 Å². The maximum absolute atomic E-state index is 11.7. The first-order chi connectivity index (χ1) is 10.3. The zero-order chi connectivity index (χ0) is 16.4. The molecule has 0 amide bonds. The van der Waals surface area contributed by atoms with Gasteiger partial charge in [0.2, 0.25) is 0 Å². The first kappa shape index (κ1) is 17.7. The molecule has 0 bridgehead atoms. The number of carboxylic acids is 1. The van der Waals surface area contributed by atoms with E-state index in [2.05, 4.69) is 0 Å². The molecular formula is C15H9Cl5O2. The van der Waals surface area contributed by atoms with Crippen molar-refractivity contribution < 1.29 is 9.90 Å². The molecular weight excluding hydrogens is 389 g/mol. The van der Waals surface area contributed by atoms with E-state index in [4.69, 9.17) is 58.0 Å². The van der Waals surface area contributed by atoms with Crippen LogP contribution in [-0.4, -0.2) is 11.1 Å². The molecule has 0 aliphatic heterocycles. The summed E-state index contributed by atoms with van der Waals surface area (Å²) in [4.78, 5) is 11.7. The summed E-state index contributed by atoms with van der Waals surface area (Å²) < 4.78 is 0. The highest BCUT2D eigenvalue weighted by Gasteiger charge is 2.30. The van der Waals surface area contributed by atoms with Gasteiger partial charge in [-0.15, -0.1) is 0 Å². The van der Waals surface area contributed by atoms with Crippen LogP contribution in [0.25, 0.3) is 0 Å². The van der Waals surface area contributed by atoms with Gasteiger partial charge in [0.15, 0.2) is 0 Å². The van der Waals surface area contributed by atoms with Crippen LogP contribution in [0.5, 0.6) is 0 Å². The normalized spacial score (nSPS) is 12.2. The lowest BCUT2D eigenvalue weighted by Gasteiger charge is -2.19. The summed E-state index contributed by atoms with van der Waals surface area (Å²) in [6.07, 6.45) is 0.198. The number of halogens is 5. The van der Waals surface area contributed by atoms with Gasteiger partial charge in [-0.3, -0.25) is 4.79 Å². The van der Waals surface area contributed by atoms with Crippen molar-refractivity contribution in [3.8, 4) is 0 Å². The molecule has 0 spiro atoms. The fourth-order valence-corrected chi connectivity index (χ4v) is 3.51. The standard InChI is InChI=1S/C15H9Cl5O2/c16-10-9(11(17)13(19)14(20)12(10)18)8(15(21)22)6-7-4-2-1-3-5-7/h1-5,8H,6H2,(H,21,22). The largest absolute Gasteiger partial charge is 0.481 e. The molecule has 1 atom stereocenters. The van der Waals surface area contributed by atoms with Crippen molar-refractivity contribution in [2.75, 3.05) is 0 Å². The number of carbonyl (C=O) groups is 1. The Labute approximate surface area is 152 Å². The van der Waals surface area contributed by atoms with E-state index < -0.39 is 11.9 Å². The molecule has 2 aromatic rings. The number of carboxylic acid groups (broad SMARTS) is 1. The fourth-order valence-electron chi connectivity index (χ4n) is 2.09. The maximum atomic E-state index is 11.7. The first-order valence-corrected chi connectivity index (χ1v) is 8.01. The second-order valence-corrected chi connectivity index (χ2v) is 6.45. The molecule has 1 unspecified atom stereocenters. The van der Waals surface area contributed by atoms with Crippen molar-refractivity contribution in [3.63, 3.8) is 0 Å². The predicted molar refractivity (Wildman–Crippen MR) is 92.0 cm³/mol. The van der Waals surface area contributed by atoms with Crippen LogP contribution in [0.4, 0.5) is 0 Å². The maximum Gasteiger partial charge on any atom is 0.311 e. The number of aliphatic carboxylic acids is 1. The highest BCUT2D eigenvalue weighted by atomic mass is 35.5. The van der Waals surface area contributed by atoms with Crippen LogP contribution in [0.15, 0.2) is 30.3 Å². The minimum absolute atomic E-state index is 0.00407. The zero-order valence-corrected chi connectivity index (χ0v) is 14.7. The van der Waals surface area contributed by atoms with E-state index in [1.807, 2.05) is 30.3 Å². The lowest BCUT2D eigenvalue weighted by molar-refractivity contribution is -0.138. The Morgan fingerprint density at radius 3 is 1.77 bits per heavy atom. The predicted octanol–water partition coefficient (Wildman–Crippen LogP) is 6.36. The quantitative estimate of drug-likeness (QED) is 0.480. The Bertz CT molecular complexity index is 687. The Morgan fingerprint density at radius 1 is 0.864 bits per heavy atom. The van der Waals surface area contributed by atoms with Crippen LogP contribution in [0.2, 0.25) is 25.1 Å². The van der Waals surface area contributed by atoms with E-state index in [1.165, 1.54) is 0 Å². The monoisotopic (exact) mass is 396 g/mol. The van der Waals surface area contributed by atoms with Crippen molar-refractivity contribution in [1.82, 2.24) is 0 Å². The molecule has 0 heterocycles. The molecule has 0 radical (unpaired) electrons. The summed E-state index contributed by atoms with van der Waals surface area (Å²) in [7, 11) is 0. The highest BCUT2D eigenvalue weighted by molar-refractivity contribution is 6.55. The van der Waals surface area contributed by atoms with Crippen LogP contribution >= 0.6 is 58.0 Å². The summed E-state index contributed by atoms with van der Waals surface area (Å²) in [5.41, 5.74) is 0.989. The Balaban J connectivity index is 2.57. The van der Waals surface area contributed by atoms with Gasteiger partial charge in [-0.1, -0.05) is 88.3 Å². The van der Waals surface area contributed by atoms with Gasteiger partial charge in [0.1, 0.15) is 0 Å². The highest BCUT2D eigenvalue weighted by Crippen LogP contribution is 2.47. The second kappa shape index (κ2) is 7.29. The zero-order valence-electron chi connectivity index (χ0n) is 10.9. The lowest BCUT2D eigenvalue weighted by Crippen LogP contribution is -2.16. The number of hydrogen-bond acceptors (Lipinski definition) is 1. The molecule has 0 saturated heterocycles. The number of benzene rings is 2. The van der Waals surface area contributed by atoms with Crippen LogP contribution < -0.4 is 0 Å². The van der Waals surface area contributed by atoms with E-state index in [1.54, 1.807) is 0 Å². The van der Waals surface area contributed by atoms with E-state index in [-0.39, 0.29) is 37.1 Å². The third-order valence-corrected chi connectivity index (χ3v) is 5.48. The molecule has 2 rings (SSSR count). The third kappa shape index (κ3) is 3.47. The van der Waals surface area contributed by atoms with E-state index in [0.29, 0.717) is 0 Å². The minimum Gasteiger partial charge on any atom is -0.481 e. The van der Waals surface area contributed by atoms with Crippen molar-refractivity contribution >= 4 is 64.0 Å². The molecule has 0 aliphatic rings. The van der Waals surface area contributed by atoms with E-state index in [9.17, 15) is 9.90 Å². The number of hydrogen-bond donors (Lipinski definition) is 1. The van der Waals surface area contributed by atoms with Crippen LogP contribution in [-0.2, 0) is 11.2 Å². The molecule has 2 nitrogen and oxygen atoms in total. The molecule has 22 heavy (non-hydrogen) atoms. The smallest absolute Gasteiger partial charge is 0.311 e. The average molecular weight is 399 g/mol.